The fourth-order valence-electron chi connectivity index (χ4n) is 2.65. The molecule has 0 unspecified atom stereocenters. The monoisotopic (exact) mass is 325 g/mol. The first-order valence-corrected chi connectivity index (χ1v) is 8.73. The molecule has 1 N–H and O–H groups in total. The summed E-state index contributed by atoms with van der Waals surface area (Å²) in [6.45, 7) is 2.72. The van der Waals surface area contributed by atoms with Gasteiger partial charge in [0.05, 0.1) is 7.11 Å². The summed E-state index contributed by atoms with van der Waals surface area (Å²) in [4.78, 5) is 12.2. The van der Waals surface area contributed by atoms with Gasteiger partial charge in [-0.05, 0) is 48.2 Å². The molecule has 2 rings (SSSR count). The molecule has 3 heteroatoms. The van der Waals surface area contributed by atoms with Crippen LogP contribution in [0.5, 0.6) is 5.75 Å². The average molecular weight is 325 g/mol. The Labute approximate surface area is 145 Å². The third-order valence-corrected chi connectivity index (χ3v) is 4.12. The summed E-state index contributed by atoms with van der Waals surface area (Å²) in [5, 5.41) is 2.95. The molecule has 0 aliphatic rings. The lowest BCUT2D eigenvalue weighted by Gasteiger charge is -2.08. The molecule has 0 aliphatic heterocycles. The zero-order valence-corrected chi connectivity index (χ0v) is 14.7. The predicted molar refractivity (Wildman–Crippen MR) is 98.5 cm³/mol. The number of unbranched alkanes of at least 4 members (excludes halogenated alkanes) is 3. The van der Waals surface area contributed by atoms with Crippen molar-refractivity contribution in [1.29, 1.82) is 0 Å². The van der Waals surface area contributed by atoms with E-state index >= 15 is 0 Å². The quantitative estimate of drug-likeness (QED) is 0.676. The molecule has 24 heavy (non-hydrogen) atoms. The van der Waals surface area contributed by atoms with E-state index in [0.29, 0.717) is 12.1 Å². The van der Waals surface area contributed by atoms with E-state index in [4.69, 9.17) is 4.74 Å². The highest BCUT2D eigenvalue weighted by Gasteiger charge is 2.05. The number of aryl methyl sites for hydroxylation is 1. The Bertz CT molecular complexity index is 635. The first kappa shape index (κ1) is 18.1. The molecule has 0 aliphatic carbocycles. The standard InChI is InChI=1S/C21H27NO2/c1-3-4-5-6-8-17-11-13-19(14-12-17)21(23)22-16-18-9-7-10-20(15-18)24-2/h7,9-15H,3-6,8,16H2,1-2H3,(H,22,23). The molecular weight excluding hydrogens is 298 g/mol. The van der Waals surface area contributed by atoms with Crippen molar-refractivity contribution in [2.75, 3.05) is 7.11 Å². The Hall–Kier alpha value is -2.29. The van der Waals surface area contributed by atoms with E-state index in [1.165, 1.54) is 31.2 Å². The maximum Gasteiger partial charge on any atom is 0.251 e. The van der Waals surface area contributed by atoms with Gasteiger partial charge in [-0.3, -0.25) is 4.79 Å². The molecule has 0 saturated heterocycles. The first-order chi connectivity index (χ1) is 11.7. The van der Waals surface area contributed by atoms with Gasteiger partial charge in [-0.15, -0.1) is 0 Å². The van der Waals surface area contributed by atoms with Crippen LogP contribution in [-0.2, 0) is 13.0 Å². The Morgan fingerprint density at radius 2 is 1.79 bits per heavy atom. The predicted octanol–water partition coefficient (Wildman–Crippen LogP) is 4.75. The largest absolute Gasteiger partial charge is 0.497 e. The van der Waals surface area contributed by atoms with E-state index in [1.54, 1.807) is 7.11 Å². The van der Waals surface area contributed by atoms with E-state index in [2.05, 4.69) is 24.4 Å². The highest BCUT2D eigenvalue weighted by molar-refractivity contribution is 5.94. The Kier molecular flexibility index (Phi) is 7.34. The minimum Gasteiger partial charge on any atom is -0.497 e. The number of hydrogen-bond donors (Lipinski definition) is 1. The number of rotatable bonds is 9. The van der Waals surface area contributed by atoms with Crippen LogP contribution in [0.2, 0.25) is 0 Å². The minimum atomic E-state index is -0.0460. The zero-order valence-electron chi connectivity index (χ0n) is 14.7. The SMILES string of the molecule is CCCCCCc1ccc(C(=O)NCc2cccc(OC)c2)cc1. The fraction of sp³-hybridized carbons (Fsp3) is 0.381. The molecule has 0 aromatic heterocycles. The third kappa shape index (κ3) is 5.73. The molecule has 1 amide bonds. The van der Waals surface area contributed by atoms with Gasteiger partial charge in [-0.25, -0.2) is 0 Å². The summed E-state index contributed by atoms with van der Waals surface area (Å²) >= 11 is 0. The molecule has 0 fully saturated rings. The molecule has 2 aromatic carbocycles. The number of methoxy groups -OCH3 is 1. The third-order valence-electron chi connectivity index (χ3n) is 4.12. The van der Waals surface area contributed by atoms with E-state index < -0.39 is 0 Å². The van der Waals surface area contributed by atoms with Crippen molar-refractivity contribution in [2.24, 2.45) is 0 Å². The van der Waals surface area contributed by atoms with Crippen molar-refractivity contribution in [3.63, 3.8) is 0 Å². The molecule has 0 saturated carbocycles. The molecule has 0 atom stereocenters. The maximum atomic E-state index is 12.2. The smallest absolute Gasteiger partial charge is 0.251 e. The van der Waals surface area contributed by atoms with Crippen molar-refractivity contribution >= 4 is 5.91 Å². The van der Waals surface area contributed by atoms with Gasteiger partial charge in [-0.2, -0.15) is 0 Å². The lowest BCUT2D eigenvalue weighted by Crippen LogP contribution is -2.22. The first-order valence-electron chi connectivity index (χ1n) is 8.73. The summed E-state index contributed by atoms with van der Waals surface area (Å²) in [7, 11) is 1.64. The summed E-state index contributed by atoms with van der Waals surface area (Å²) in [5.41, 5.74) is 3.03. The van der Waals surface area contributed by atoms with Crippen molar-refractivity contribution in [3.8, 4) is 5.75 Å². The number of amides is 1. The van der Waals surface area contributed by atoms with Gasteiger partial charge < -0.3 is 10.1 Å². The van der Waals surface area contributed by atoms with Crippen LogP contribution < -0.4 is 10.1 Å². The Morgan fingerprint density at radius 3 is 2.50 bits per heavy atom. The molecular formula is C21H27NO2. The van der Waals surface area contributed by atoms with Gasteiger partial charge in [0.2, 0.25) is 0 Å². The van der Waals surface area contributed by atoms with E-state index in [9.17, 15) is 4.79 Å². The lowest BCUT2D eigenvalue weighted by molar-refractivity contribution is 0.0951. The van der Waals surface area contributed by atoms with Crippen LogP contribution in [0.15, 0.2) is 48.5 Å². The van der Waals surface area contributed by atoms with Crippen LogP contribution in [0.1, 0.15) is 54.1 Å². The average Bonchev–Trinajstić information content (AvgIpc) is 2.64. The van der Waals surface area contributed by atoms with Crippen LogP contribution in [0.4, 0.5) is 0 Å². The molecule has 0 heterocycles. The second kappa shape index (κ2) is 9.76. The number of carbonyl (C=O) groups excluding carboxylic acids is 1. The van der Waals surface area contributed by atoms with Crippen LogP contribution >= 0.6 is 0 Å². The van der Waals surface area contributed by atoms with Crippen LogP contribution in [0, 0.1) is 0 Å². The number of hydrogen-bond acceptors (Lipinski definition) is 2. The van der Waals surface area contributed by atoms with Crippen molar-refractivity contribution < 1.29 is 9.53 Å². The molecule has 0 radical (unpaired) electrons. The molecule has 0 spiro atoms. The highest BCUT2D eigenvalue weighted by Crippen LogP contribution is 2.13. The van der Waals surface area contributed by atoms with E-state index in [-0.39, 0.29) is 5.91 Å². The minimum absolute atomic E-state index is 0.0460. The fourth-order valence-corrected chi connectivity index (χ4v) is 2.65. The van der Waals surface area contributed by atoms with Gasteiger partial charge in [0.25, 0.3) is 5.91 Å². The summed E-state index contributed by atoms with van der Waals surface area (Å²) in [5.74, 6) is 0.754. The van der Waals surface area contributed by atoms with Gasteiger partial charge in [0, 0.05) is 12.1 Å². The van der Waals surface area contributed by atoms with Gasteiger partial charge in [0.15, 0.2) is 0 Å². The molecule has 128 valence electrons. The topological polar surface area (TPSA) is 38.3 Å². The van der Waals surface area contributed by atoms with E-state index in [1.807, 2.05) is 36.4 Å². The van der Waals surface area contributed by atoms with Crippen molar-refractivity contribution in [1.82, 2.24) is 5.32 Å². The normalized spacial score (nSPS) is 10.4. The highest BCUT2D eigenvalue weighted by atomic mass is 16.5. The van der Waals surface area contributed by atoms with Gasteiger partial charge >= 0.3 is 0 Å². The summed E-state index contributed by atoms with van der Waals surface area (Å²) < 4.78 is 5.19. The summed E-state index contributed by atoms with van der Waals surface area (Å²) in [6, 6.07) is 15.7. The van der Waals surface area contributed by atoms with Gasteiger partial charge in [-0.1, -0.05) is 50.5 Å². The number of ether oxygens (including phenoxy) is 1. The van der Waals surface area contributed by atoms with Crippen molar-refractivity contribution in [2.45, 2.75) is 45.6 Å². The summed E-state index contributed by atoms with van der Waals surface area (Å²) in [6.07, 6.45) is 6.14. The second-order valence-corrected chi connectivity index (χ2v) is 6.04. The Morgan fingerprint density at radius 1 is 1.00 bits per heavy atom. The second-order valence-electron chi connectivity index (χ2n) is 6.04. The Balaban J connectivity index is 1.83. The van der Waals surface area contributed by atoms with Crippen molar-refractivity contribution in [3.05, 3.63) is 65.2 Å². The van der Waals surface area contributed by atoms with Crippen LogP contribution in [-0.4, -0.2) is 13.0 Å². The van der Waals surface area contributed by atoms with Crippen LogP contribution in [0.3, 0.4) is 0 Å². The number of nitrogens with one attached hydrogen (secondary N) is 1. The molecule has 2 aromatic rings. The maximum absolute atomic E-state index is 12.2. The number of benzene rings is 2. The van der Waals surface area contributed by atoms with E-state index in [0.717, 1.165) is 17.7 Å². The van der Waals surface area contributed by atoms with Gasteiger partial charge in [0.1, 0.15) is 5.75 Å². The molecule has 3 nitrogen and oxygen atoms in total. The van der Waals surface area contributed by atoms with Crippen LogP contribution in [0.25, 0.3) is 0 Å². The lowest BCUT2D eigenvalue weighted by atomic mass is 10.0. The number of carbonyl (C=O) groups is 1. The zero-order chi connectivity index (χ0) is 17.2. The molecule has 0 bridgehead atoms.